The van der Waals surface area contributed by atoms with Crippen LogP contribution < -0.4 is 0 Å². The van der Waals surface area contributed by atoms with Gasteiger partial charge in [-0.2, -0.15) is 0 Å². The predicted molar refractivity (Wildman–Crippen MR) is 245 cm³/mol. The number of hydrogen-bond acceptors (Lipinski definition) is 18. The van der Waals surface area contributed by atoms with E-state index in [9.17, 15) is 19.2 Å². The third kappa shape index (κ3) is 10.3. The Labute approximate surface area is 408 Å². The number of rotatable bonds is 20. The number of ether oxygens (including phenoxy) is 14. The topological polar surface area (TPSA) is 198 Å². The summed E-state index contributed by atoms with van der Waals surface area (Å²) in [7, 11) is 9.31. The fourth-order valence-electron chi connectivity index (χ4n) is 14.3. The highest BCUT2D eigenvalue weighted by Crippen LogP contribution is 2.76. The van der Waals surface area contributed by atoms with Gasteiger partial charge in [-0.3, -0.25) is 4.79 Å². The Morgan fingerprint density at radius 2 is 1.36 bits per heavy atom. The molecule has 69 heavy (non-hydrogen) atoms. The van der Waals surface area contributed by atoms with Crippen molar-refractivity contribution in [2.75, 3.05) is 76.8 Å². The average Bonchev–Trinajstić information content (AvgIpc) is 3.32. The number of carbonyl (C=O) groups is 4. The molecule has 1 heterocycles. The fraction of sp³-hybridized carbons (Fsp3) is 0.882. The van der Waals surface area contributed by atoms with Gasteiger partial charge in [0.2, 0.25) is 6.10 Å². The number of allylic oxidation sites excluding steroid dienone is 2. The molecule has 0 unspecified atom stereocenters. The van der Waals surface area contributed by atoms with E-state index in [1.807, 2.05) is 0 Å². The third-order valence-corrected chi connectivity index (χ3v) is 18.1. The lowest BCUT2D eigenvalue weighted by Gasteiger charge is -2.71. The summed E-state index contributed by atoms with van der Waals surface area (Å²) in [4.78, 5) is 53.3. The predicted octanol–water partition coefficient (Wildman–Crippen LogP) is 6.29. The van der Waals surface area contributed by atoms with E-state index in [-0.39, 0.29) is 59.8 Å². The summed E-state index contributed by atoms with van der Waals surface area (Å²) in [6, 6.07) is 0. The minimum Gasteiger partial charge on any atom is -0.469 e. The molecule has 5 fully saturated rings. The number of fused-ring (bicyclic) bond motifs is 7. The van der Waals surface area contributed by atoms with Crippen LogP contribution in [0.5, 0.6) is 0 Å². The molecule has 4 saturated carbocycles. The molecular weight excluding hydrogens is 901 g/mol. The molecule has 6 aliphatic rings. The fourth-order valence-corrected chi connectivity index (χ4v) is 14.3. The second-order valence-electron chi connectivity index (χ2n) is 22.2. The first kappa shape index (κ1) is 55.5. The molecule has 0 spiro atoms. The first-order chi connectivity index (χ1) is 32.6. The van der Waals surface area contributed by atoms with Crippen LogP contribution in [0.15, 0.2) is 11.6 Å². The molecule has 0 aromatic rings. The lowest BCUT2D eigenvalue weighted by Crippen LogP contribution is -2.67. The zero-order valence-corrected chi connectivity index (χ0v) is 43.7. The molecule has 5 aliphatic carbocycles. The minimum absolute atomic E-state index is 0.0153. The van der Waals surface area contributed by atoms with Crippen molar-refractivity contribution in [3.05, 3.63) is 11.6 Å². The maximum Gasteiger partial charge on any atom is 0.340 e. The van der Waals surface area contributed by atoms with Crippen LogP contribution in [0.4, 0.5) is 0 Å². The highest BCUT2D eigenvalue weighted by atomic mass is 16.8. The highest BCUT2D eigenvalue weighted by molar-refractivity contribution is 5.79. The molecule has 6 rings (SSSR count). The van der Waals surface area contributed by atoms with Gasteiger partial charge in [0.15, 0.2) is 18.7 Å². The smallest absolute Gasteiger partial charge is 0.340 e. The monoisotopic (exact) mass is 983 g/mol. The van der Waals surface area contributed by atoms with Crippen molar-refractivity contribution < 1.29 is 85.5 Å². The van der Waals surface area contributed by atoms with Gasteiger partial charge < -0.3 is 66.3 Å². The number of carbonyl (C=O) groups excluding carboxylic acids is 4. The average molecular weight is 983 g/mol. The van der Waals surface area contributed by atoms with Crippen molar-refractivity contribution in [2.45, 2.75) is 162 Å². The second-order valence-corrected chi connectivity index (χ2v) is 22.2. The Hall–Kier alpha value is -2.78. The van der Waals surface area contributed by atoms with Gasteiger partial charge in [-0.1, -0.05) is 60.1 Å². The van der Waals surface area contributed by atoms with Crippen LogP contribution in [0.3, 0.4) is 0 Å². The molecule has 394 valence electrons. The van der Waals surface area contributed by atoms with Gasteiger partial charge in [0, 0.05) is 21.3 Å². The molecule has 18 heteroatoms. The van der Waals surface area contributed by atoms with E-state index in [4.69, 9.17) is 66.3 Å². The van der Waals surface area contributed by atoms with Crippen molar-refractivity contribution in [3.63, 3.8) is 0 Å². The van der Waals surface area contributed by atoms with E-state index in [2.05, 4.69) is 54.5 Å². The first-order valence-electron chi connectivity index (χ1n) is 24.5. The van der Waals surface area contributed by atoms with Crippen LogP contribution in [0.25, 0.3) is 0 Å². The van der Waals surface area contributed by atoms with Crippen LogP contribution >= 0.6 is 0 Å². The Morgan fingerprint density at radius 1 is 0.696 bits per heavy atom. The van der Waals surface area contributed by atoms with Gasteiger partial charge in [0.05, 0.1) is 40.0 Å². The van der Waals surface area contributed by atoms with Crippen molar-refractivity contribution in [3.8, 4) is 0 Å². The zero-order chi connectivity index (χ0) is 50.7. The largest absolute Gasteiger partial charge is 0.469 e. The summed E-state index contributed by atoms with van der Waals surface area (Å²) in [5.74, 6) is -1.80. The van der Waals surface area contributed by atoms with Gasteiger partial charge in [-0.05, 0) is 109 Å². The van der Waals surface area contributed by atoms with Crippen LogP contribution in [0.1, 0.15) is 113 Å². The van der Waals surface area contributed by atoms with Crippen molar-refractivity contribution >= 4 is 23.9 Å². The number of methoxy groups -OCH3 is 7. The maximum atomic E-state index is 13.8. The van der Waals surface area contributed by atoms with E-state index in [1.165, 1.54) is 41.1 Å². The summed E-state index contributed by atoms with van der Waals surface area (Å²) >= 11 is 0. The standard InChI is InChI=1S/C51H82O18/c1-46(2)21-23-51(45(55)62-14)24-22-49(6)30(31(51)25-46)15-16-33-48(5)19-18-34(47(3,4)32(48)17-20-50(33,49)7)67-44-39(65-28-57-9)37(36(64-27-56-8)38(69-44)41(53)60-12)68-43(63-26-35(52)59-11)40(42(54)61-13)66-29-58-10/h15,31-34,36-40,43-44H,16-29H2,1-14H3/t31-,32-,33+,34-,36-,37-,38-,39+,40+,43-,44+,48-,49+,50+,51-/m0/s1. The second kappa shape index (κ2) is 22.1. The molecular formula is C51H82O18. The maximum absolute atomic E-state index is 13.8. The minimum atomic E-state index is -1.70. The van der Waals surface area contributed by atoms with E-state index >= 15 is 0 Å². The van der Waals surface area contributed by atoms with E-state index in [0.29, 0.717) is 12.3 Å². The molecule has 0 N–H and O–H groups in total. The lowest BCUT2D eigenvalue weighted by molar-refractivity contribution is -0.366. The van der Waals surface area contributed by atoms with Crippen LogP contribution in [-0.4, -0.2) is 150 Å². The zero-order valence-electron chi connectivity index (χ0n) is 43.7. The summed E-state index contributed by atoms with van der Waals surface area (Å²) in [5, 5.41) is 0. The summed E-state index contributed by atoms with van der Waals surface area (Å²) in [6.07, 6.45) is 1.22. The van der Waals surface area contributed by atoms with E-state index < -0.39 is 84.5 Å². The van der Waals surface area contributed by atoms with Gasteiger partial charge in [0.1, 0.15) is 45.3 Å². The molecule has 15 atom stereocenters. The summed E-state index contributed by atoms with van der Waals surface area (Å²) < 4.78 is 80.9. The number of hydrogen-bond donors (Lipinski definition) is 0. The van der Waals surface area contributed by atoms with Gasteiger partial charge in [-0.15, -0.1) is 0 Å². The Bertz CT molecular complexity index is 1840. The lowest BCUT2D eigenvalue weighted by atomic mass is 9.33. The Balaban J connectivity index is 1.34. The van der Waals surface area contributed by atoms with Crippen LogP contribution in [0.2, 0.25) is 0 Å². The molecule has 1 saturated heterocycles. The SMILES string of the molecule is COCO[C@H]1[C@H](O[C@H]2CC[C@]3(C)[C@H]4CC=C5[C@@H]6CC(C)(C)CC[C@]6(C(=O)OC)CC[C@@]5(C)[C@]4(C)CC[C@H]3C2(C)C)O[C@H](C(=O)OC)[C@@H](OCOC)[C@@H]1O[C@H](OCC(=O)OC)[C@H](OCOC)C(=O)OC. The van der Waals surface area contributed by atoms with Gasteiger partial charge >= 0.3 is 23.9 Å². The van der Waals surface area contributed by atoms with E-state index in [0.717, 1.165) is 64.9 Å². The highest BCUT2D eigenvalue weighted by Gasteiger charge is 2.70. The third-order valence-electron chi connectivity index (χ3n) is 18.1. The molecule has 0 bridgehead atoms. The van der Waals surface area contributed by atoms with E-state index in [1.54, 1.807) is 7.11 Å². The number of esters is 4. The molecule has 1 aliphatic heterocycles. The molecule has 18 nitrogen and oxygen atoms in total. The van der Waals surface area contributed by atoms with Gasteiger partial charge in [0.25, 0.3) is 0 Å². The molecule has 0 radical (unpaired) electrons. The molecule has 0 amide bonds. The summed E-state index contributed by atoms with van der Waals surface area (Å²) in [6.45, 7) is 15.1. The molecule has 0 aromatic heterocycles. The van der Waals surface area contributed by atoms with Crippen molar-refractivity contribution in [2.24, 2.45) is 50.2 Å². The Kier molecular flexibility index (Phi) is 17.8. The van der Waals surface area contributed by atoms with Crippen molar-refractivity contribution in [1.82, 2.24) is 0 Å². The van der Waals surface area contributed by atoms with Crippen molar-refractivity contribution in [1.29, 1.82) is 0 Å². The van der Waals surface area contributed by atoms with Crippen LogP contribution in [0, 0.1) is 50.2 Å². The first-order valence-corrected chi connectivity index (χ1v) is 24.5. The normalized spacial score (nSPS) is 38.6. The van der Waals surface area contributed by atoms with Gasteiger partial charge in [-0.25, -0.2) is 14.4 Å². The van der Waals surface area contributed by atoms with Crippen LogP contribution in [-0.2, 0) is 85.5 Å². The quantitative estimate of drug-likeness (QED) is 0.0434. The summed E-state index contributed by atoms with van der Waals surface area (Å²) in [5.41, 5.74) is 0.533. The molecule has 0 aromatic carbocycles. The Morgan fingerprint density at radius 3 is 1.99 bits per heavy atom.